The van der Waals surface area contributed by atoms with Crippen molar-refractivity contribution in [1.29, 1.82) is 0 Å². The van der Waals surface area contributed by atoms with Crippen LogP contribution in [0.25, 0.3) is 0 Å². The van der Waals surface area contributed by atoms with Gasteiger partial charge in [-0.2, -0.15) is 0 Å². The Balaban J connectivity index is 1.93. The van der Waals surface area contributed by atoms with Crippen molar-refractivity contribution in [2.45, 2.75) is 19.0 Å². The van der Waals surface area contributed by atoms with Crippen LogP contribution < -0.4 is 5.32 Å². The molecule has 1 aliphatic heterocycles. The minimum absolute atomic E-state index is 0.0829. The van der Waals surface area contributed by atoms with E-state index < -0.39 is 0 Å². The number of carbonyl (C=O) groups excluding carboxylic acids is 1. The molecule has 1 aliphatic rings. The van der Waals surface area contributed by atoms with Crippen molar-refractivity contribution in [3.63, 3.8) is 0 Å². The summed E-state index contributed by atoms with van der Waals surface area (Å²) in [6.45, 7) is 1.38. The van der Waals surface area contributed by atoms with E-state index in [-0.39, 0.29) is 11.9 Å². The van der Waals surface area contributed by atoms with E-state index in [1.54, 1.807) is 15.7 Å². The molecule has 6 heteroatoms. The zero-order chi connectivity index (χ0) is 11.7. The highest BCUT2D eigenvalue weighted by molar-refractivity contribution is 6.29. The second-order valence-electron chi connectivity index (χ2n) is 4.04. The Hall–Kier alpha value is -1.07. The van der Waals surface area contributed by atoms with Gasteiger partial charge in [0, 0.05) is 20.6 Å². The summed E-state index contributed by atoms with van der Waals surface area (Å²) >= 11 is 5.87. The van der Waals surface area contributed by atoms with Crippen LogP contribution in [0.4, 0.5) is 0 Å². The molecule has 1 saturated heterocycles. The fourth-order valence-electron chi connectivity index (χ4n) is 1.81. The maximum Gasteiger partial charge on any atom is 0.239 e. The van der Waals surface area contributed by atoms with E-state index in [4.69, 9.17) is 11.6 Å². The van der Waals surface area contributed by atoms with Gasteiger partial charge in [0.05, 0.1) is 18.8 Å². The van der Waals surface area contributed by atoms with Gasteiger partial charge in [-0.1, -0.05) is 11.6 Å². The van der Waals surface area contributed by atoms with Crippen LogP contribution in [0.15, 0.2) is 6.20 Å². The molecule has 0 spiro atoms. The van der Waals surface area contributed by atoms with Gasteiger partial charge in [0.1, 0.15) is 11.0 Å². The predicted octanol–water partition coefficient (Wildman–Crippen LogP) is 0.394. The lowest BCUT2D eigenvalue weighted by Crippen LogP contribution is -2.36. The molecule has 0 saturated carbocycles. The number of likely N-dealkylation sites (N-methyl/N-ethyl adjacent to an activating group) is 1. The summed E-state index contributed by atoms with van der Waals surface area (Å²) in [7, 11) is 3.68. The molecule has 1 atom stereocenters. The molecule has 0 radical (unpaired) electrons. The van der Waals surface area contributed by atoms with E-state index >= 15 is 0 Å². The minimum atomic E-state index is -0.0829. The molecular weight excluding hydrogens is 228 g/mol. The van der Waals surface area contributed by atoms with E-state index in [0.717, 1.165) is 18.8 Å². The van der Waals surface area contributed by atoms with Gasteiger partial charge in [-0.05, 0) is 6.42 Å². The highest BCUT2D eigenvalue weighted by Gasteiger charge is 2.28. The molecule has 1 unspecified atom stereocenters. The molecule has 1 aromatic heterocycles. The molecule has 2 heterocycles. The van der Waals surface area contributed by atoms with Crippen molar-refractivity contribution in [2.24, 2.45) is 7.05 Å². The van der Waals surface area contributed by atoms with Crippen molar-refractivity contribution >= 4 is 17.5 Å². The van der Waals surface area contributed by atoms with Gasteiger partial charge >= 0.3 is 0 Å². The zero-order valence-electron chi connectivity index (χ0n) is 9.40. The first kappa shape index (κ1) is 11.4. The van der Waals surface area contributed by atoms with Gasteiger partial charge < -0.3 is 9.47 Å². The number of hydrogen-bond donors (Lipinski definition) is 1. The summed E-state index contributed by atoms with van der Waals surface area (Å²) in [6, 6.07) is -0.0829. The Kier molecular flexibility index (Phi) is 3.16. The SMILES string of the molecule is CN1CCC(NCc2ncc(Cl)n2C)C1=O. The lowest BCUT2D eigenvalue weighted by atomic mass is 10.2. The van der Waals surface area contributed by atoms with Crippen LogP contribution in [0.1, 0.15) is 12.2 Å². The van der Waals surface area contributed by atoms with E-state index in [1.807, 2.05) is 14.1 Å². The maximum absolute atomic E-state index is 11.6. The first-order chi connectivity index (χ1) is 7.59. The zero-order valence-corrected chi connectivity index (χ0v) is 10.2. The molecule has 88 valence electrons. The lowest BCUT2D eigenvalue weighted by molar-refractivity contribution is -0.128. The molecule has 1 aromatic rings. The summed E-state index contributed by atoms with van der Waals surface area (Å²) < 4.78 is 1.80. The van der Waals surface area contributed by atoms with E-state index in [2.05, 4.69) is 10.3 Å². The van der Waals surface area contributed by atoms with Gasteiger partial charge in [-0.3, -0.25) is 10.1 Å². The normalized spacial score (nSPS) is 20.8. The first-order valence-electron chi connectivity index (χ1n) is 5.24. The monoisotopic (exact) mass is 242 g/mol. The number of nitrogens with zero attached hydrogens (tertiary/aromatic N) is 3. The molecular formula is C10H15ClN4O. The number of nitrogens with one attached hydrogen (secondary N) is 1. The maximum atomic E-state index is 11.6. The number of halogens is 1. The smallest absolute Gasteiger partial charge is 0.239 e. The number of rotatable bonds is 3. The molecule has 0 aromatic carbocycles. The Labute approximate surface area is 99.4 Å². The van der Waals surface area contributed by atoms with Crippen LogP contribution in [0, 0.1) is 0 Å². The second kappa shape index (κ2) is 4.43. The van der Waals surface area contributed by atoms with Crippen LogP contribution in [0.5, 0.6) is 0 Å². The van der Waals surface area contributed by atoms with Crippen molar-refractivity contribution in [1.82, 2.24) is 19.8 Å². The Morgan fingerprint density at radius 3 is 2.88 bits per heavy atom. The van der Waals surface area contributed by atoms with Crippen molar-refractivity contribution in [2.75, 3.05) is 13.6 Å². The van der Waals surface area contributed by atoms with Gasteiger partial charge in [-0.15, -0.1) is 0 Å². The third-order valence-electron chi connectivity index (χ3n) is 2.96. The largest absolute Gasteiger partial charge is 0.344 e. The summed E-state index contributed by atoms with van der Waals surface area (Å²) in [5.41, 5.74) is 0. The second-order valence-corrected chi connectivity index (χ2v) is 4.43. The van der Waals surface area contributed by atoms with Crippen LogP contribution >= 0.6 is 11.6 Å². The van der Waals surface area contributed by atoms with Crippen molar-refractivity contribution < 1.29 is 4.79 Å². The number of amides is 1. The van der Waals surface area contributed by atoms with Crippen LogP contribution in [-0.2, 0) is 18.4 Å². The Morgan fingerprint density at radius 2 is 2.38 bits per heavy atom. The topological polar surface area (TPSA) is 50.2 Å². The van der Waals surface area contributed by atoms with Crippen molar-refractivity contribution in [3.8, 4) is 0 Å². The number of likely N-dealkylation sites (tertiary alicyclic amines) is 1. The van der Waals surface area contributed by atoms with Gasteiger partial charge in [0.15, 0.2) is 0 Å². The van der Waals surface area contributed by atoms with Crippen LogP contribution in [0.3, 0.4) is 0 Å². The van der Waals surface area contributed by atoms with Crippen LogP contribution in [0.2, 0.25) is 5.15 Å². The molecule has 1 fully saturated rings. The summed E-state index contributed by atoms with van der Waals surface area (Å²) in [4.78, 5) is 17.5. The van der Waals surface area contributed by atoms with Gasteiger partial charge in [0.2, 0.25) is 5.91 Å². The molecule has 0 bridgehead atoms. The number of hydrogen-bond acceptors (Lipinski definition) is 3. The minimum Gasteiger partial charge on any atom is -0.344 e. The summed E-state index contributed by atoms with van der Waals surface area (Å²) in [6.07, 6.45) is 2.47. The molecule has 5 nitrogen and oxygen atoms in total. The third kappa shape index (κ3) is 2.05. The third-order valence-corrected chi connectivity index (χ3v) is 3.31. The first-order valence-corrected chi connectivity index (χ1v) is 5.62. The average molecular weight is 243 g/mol. The van der Waals surface area contributed by atoms with E-state index in [1.165, 1.54) is 0 Å². The molecule has 0 aliphatic carbocycles. The molecule has 2 rings (SSSR count). The number of aromatic nitrogens is 2. The molecule has 1 N–H and O–H groups in total. The van der Waals surface area contributed by atoms with Crippen molar-refractivity contribution in [3.05, 3.63) is 17.2 Å². The number of carbonyl (C=O) groups is 1. The van der Waals surface area contributed by atoms with Gasteiger partial charge in [-0.25, -0.2) is 4.98 Å². The van der Waals surface area contributed by atoms with E-state index in [0.29, 0.717) is 11.7 Å². The lowest BCUT2D eigenvalue weighted by Gasteiger charge is -2.11. The Morgan fingerprint density at radius 1 is 1.62 bits per heavy atom. The average Bonchev–Trinajstić information content (AvgIpc) is 2.74. The fraction of sp³-hybridized carbons (Fsp3) is 0.600. The number of imidazole rings is 1. The van der Waals surface area contributed by atoms with E-state index in [9.17, 15) is 4.79 Å². The fourth-order valence-corrected chi connectivity index (χ4v) is 1.96. The quantitative estimate of drug-likeness (QED) is 0.835. The van der Waals surface area contributed by atoms with Crippen LogP contribution in [-0.4, -0.2) is 40.0 Å². The summed E-state index contributed by atoms with van der Waals surface area (Å²) in [5.74, 6) is 0.993. The highest BCUT2D eigenvalue weighted by atomic mass is 35.5. The predicted molar refractivity (Wildman–Crippen MR) is 61.1 cm³/mol. The van der Waals surface area contributed by atoms with Gasteiger partial charge in [0.25, 0.3) is 0 Å². The molecule has 16 heavy (non-hydrogen) atoms. The highest BCUT2D eigenvalue weighted by Crippen LogP contribution is 2.11. The molecule has 1 amide bonds. The Bertz CT molecular complexity index is 404. The standard InChI is InChI=1S/C10H15ClN4O/c1-14-4-3-7(10(14)16)12-6-9-13-5-8(11)15(9)2/h5,7,12H,3-4,6H2,1-2H3. The summed E-state index contributed by atoms with van der Waals surface area (Å²) in [5, 5.41) is 3.80.